The fourth-order valence-electron chi connectivity index (χ4n) is 5.16. The number of carboxylic acid groups (broad SMARTS) is 1. The van der Waals surface area contributed by atoms with E-state index in [9.17, 15) is 32.7 Å². The van der Waals surface area contributed by atoms with E-state index in [0.29, 0.717) is 17.6 Å². The highest BCUT2D eigenvalue weighted by molar-refractivity contribution is 6.09. The van der Waals surface area contributed by atoms with E-state index in [-0.39, 0.29) is 11.3 Å². The Labute approximate surface area is 204 Å². The molecule has 1 N–H and O–H groups in total. The molecular weight excluding hydrogens is 477 g/mol. The molecule has 186 valence electrons. The van der Waals surface area contributed by atoms with Crippen molar-refractivity contribution >= 4 is 23.6 Å². The predicted octanol–water partition coefficient (Wildman–Crippen LogP) is 5.05. The Kier molecular flexibility index (Phi) is 5.42. The Bertz CT molecular complexity index is 1360. The summed E-state index contributed by atoms with van der Waals surface area (Å²) in [5.41, 5.74) is 1.66. The summed E-state index contributed by atoms with van der Waals surface area (Å²) in [6, 6.07) is 10.9. The molecule has 36 heavy (non-hydrogen) atoms. The summed E-state index contributed by atoms with van der Waals surface area (Å²) < 4.78 is 45.8. The number of ether oxygens (including phenoxy) is 1. The van der Waals surface area contributed by atoms with Gasteiger partial charge in [-0.1, -0.05) is 30.3 Å². The van der Waals surface area contributed by atoms with E-state index in [0.717, 1.165) is 39.3 Å². The number of carbonyl (C=O) groups excluding carboxylic acids is 2. The number of fused-ring (bicyclic) bond motifs is 3. The summed E-state index contributed by atoms with van der Waals surface area (Å²) in [5.74, 6) is -1.72. The van der Waals surface area contributed by atoms with E-state index in [1.54, 1.807) is 26.0 Å². The average molecular weight is 498 g/mol. The zero-order valence-electron chi connectivity index (χ0n) is 19.2. The van der Waals surface area contributed by atoms with Gasteiger partial charge in [0.1, 0.15) is 0 Å². The highest BCUT2D eigenvalue weighted by Crippen LogP contribution is 2.49. The Hall–Kier alpha value is -4.08. The molecular formula is C26H21F3N2O5. The van der Waals surface area contributed by atoms with Crippen molar-refractivity contribution in [3.05, 3.63) is 88.2 Å². The quantitative estimate of drug-likeness (QED) is 0.473. The van der Waals surface area contributed by atoms with Gasteiger partial charge in [0.05, 0.1) is 23.4 Å². The maximum absolute atomic E-state index is 13.3. The number of likely N-dealkylation sites (tertiary alicyclic amines) is 1. The number of amides is 3. The van der Waals surface area contributed by atoms with Crippen molar-refractivity contribution < 1.29 is 37.4 Å². The molecule has 10 heteroatoms. The second-order valence-corrected chi connectivity index (χ2v) is 9.00. The van der Waals surface area contributed by atoms with E-state index in [1.807, 2.05) is 12.1 Å². The third kappa shape index (κ3) is 3.55. The summed E-state index contributed by atoms with van der Waals surface area (Å²) in [7, 11) is 0. The van der Waals surface area contributed by atoms with Crippen molar-refractivity contribution in [1.82, 2.24) is 4.90 Å². The van der Waals surface area contributed by atoms with Crippen LogP contribution in [0, 0.1) is 5.92 Å². The number of hydrogen-bond acceptors (Lipinski definition) is 4. The fraction of sp³-hybridized carbons (Fsp3) is 0.269. The molecule has 1 aliphatic carbocycles. The second-order valence-electron chi connectivity index (χ2n) is 9.00. The molecule has 2 aromatic rings. The van der Waals surface area contributed by atoms with Crippen LogP contribution in [-0.2, 0) is 26.9 Å². The number of nitrogens with zero attached hydrogens (tertiary/aromatic N) is 2. The minimum Gasteiger partial charge on any atom is -0.473 e. The number of anilines is 1. The van der Waals surface area contributed by atoms with Gasteiger partial charge >= 0.3 is 12.3 Å². The van der Waals surface area contributed by atoms with Crippen LogP contribution in [0.5, 0.6) is 0 Å². The SMILES string of the molecule is CC1=C(C)C(OC=C2C(=O)N(C(=O)O)C3c4ccccc4CC23)N(c2cccc(C(F)(F)F)c2)C1=O. The Morgan fingerprint density at radius 3 is 2.50 bits per heavy atom. The first-order chi connectivity index (χ1) is 17.0. The summed E-state index contributed by atoms with van der Waals surface area (Å²) in [4.78, 5) is 39.9. The molecule has 2 heterocycles. The molecule has 0 saturated carbocycles. The van der Waals surface area contributed by atoms with Crippen molar-refractivity contribution in [3.8, 4) is 0 Å². The molecule has 3 aliphatic rings. The molecule has 5 rings (SSSR count). The van der Waals surface area contributed by atoms with Gasteiger partial charge in [-0.15, -0.1) is 0 Å². The van der Waals surface area contributed by atoms with Crippen molar-refractivity contribution in [2.45, 2.75) is 38.7 Å². The highest BCUT2D eigenvalue weighted by atomic mass is 19.4. The van der Waals surface area contributed by atoms with Gasteiger partial charge in [-0.3, -0.25) is 14.5 Å². The zero-order chi connectivity index (χ0) is 25.9. The molecule has 1 saturated heterocycles. The van der Waals surface area contributed by atoms with Crippen LogP contribution in [-0.4, -0.2) is 34.1 Å². The van der Waals surface area contributed by atoms with Crippen LogP contribution in [0.4, 0.5) is 23.7 Å². The first-order valence-electron chi connectivity index (χ1n) is 11.2. The molecule has 3 unspecified atom stereocenters. The Morgan fingerprint density at radius 1 is 1.08 bits per heavy atom. The predicted molar refractivity (Wildman–Crippen MR) is 122 cm³/mol. The minimum atomic E-state index is -4.60. The highest BCUT2D eigenvalue weighted by Gasteiger charge is 2.52. The lowest BCUT2D eigenvalue weighted by Gasteiger charge is -2.26. The van der Waals surface area contributed by atoms with Gasteiger partial charge in [-0.05, 0) is 55.2 Å². The van der Waals surface area contributed by atoms with E-state index >= 15 is 0 Å². The molecule has 0 radical (unpaired) electrons. The lowest BCUT2D eigenvalue weighted by atomic mass is 9.97. The van der Waals surface area contributed by atoms with Crippen LogP contribution in [0.25, 0.3) is 0 Å². The van der Waals surface area contributed by atoms with Gasteiger partial charge in [0, 0.05) is 17.2 Å². The van der Waals surface area contributed by atoms with Crippen molar-refractivity contribution in [1.29, 1.82) is 0 Å². The van der Waals surface area contributed by atoms with Crippen molar-refractivity contribution in [2.24, 2.45) is 5.92 Å². The van der Waals surface area contributed by atoms with Gasteiger partial charge in [0.2, 0.25) is 6.23 Å². The number of benzene rings is 2. The molecule has 0 spiro atoms. The lowest BCUT2D eigenvalue weighted by Crippen LogP contribution is -2.37. The molecule has 2 aliphatic heterocycles. The smallest absolute Gasteiger partial charge is 0.416 e. The van der Waals surface area contributed by atoms with Crippen LogP contribution >= 0.6 is 0 Å². The molecule has 0 aromatic heterocycles. The fourth-order valence-corrected chi connectivity index (χ4v) is 5.16. The largest absolute Gasteiger partial charge is 0.473 e. The summed E-state index contributed by atoms with van der Waals surface area (Å²) in [6.45, 7) is 3.17. The number of hydrogen-bond donors (Lipinski definition) is 1. The van der Waals surface area contributed by atoms with Crippen LogP contribution < -0.4 is 4.90 Å². The lowest BCUT2D eigenvalue weighted by molar-refractivity contribution is -0.137. The Morgan fingerprint density at radius 2 is 1.81 bits per heavy atom. The molecule has 3 atom stereocenters. The van der Waals surface area contributed by atoms with Crippen molar-refractivity contribution in [2.75, 3.05) is 4.90 Å². The topological polar surface area (TPSA) is 87.2 Å². The standard InChI is InChI=1S/C26H21F3N2O5/c1-13-14(2)24(30(22(13)32)17-8-5-7-16(11-17)26(27,28)29)36-12-20-19-10-15-6-3-4-9-18(15)21(19)31(23(20)33)25(34)35/h3-9,11-12,19,21,24H,10H2,1-2H3,(H,34,35). The number of alkyl halides is 3. The van der Waals surface area contributed by atoms with E-state index < -0.39 is 47.8 Å². The third-order valence-electron chi connectivity index (χ3n) is 7.06. The average Bonchev–Trinajstić information content (AvgIpc) is 3.40. The summed E-state index contributed by atoms with van der Waals surface area (Å²) in [6.07, 6.45) is -5.49. The normalized spacial score (nSPS) is 24.6. The third-order valence-corrected chi connectivity index (χ3v) is 7.06. The number of carbonyl (C=O) groups is 3. The van der Waals surface area contributed by atoms with Gasteiger partial charge < -0.3 is 9.84 Å². The molecule has 0 bridgehead atoms. The van der Waals surface area contributed by atoms with E-state index in [2.05, 4.69) is 0 Å². The molecule has 3 amide bonds. The monoisotopic (exact) mass is 498 g/mol. The molecule has 1 fully saturated rings. The van der Waals surface area contributed by atoms with Crippen molar-refractivity contribution in [3.63, 3.8) is 0 Å². The van der Waals surface area contributed by atoms with Gasteiger partial charge in [0.15, 0.2) is 0 Å². The zero-order valence-corrected chi connectivity index (χ0v) is 19.2. The van der Waals surface area contributed by atoms with Gasteiger partial charge in [0.25, 0.3) is 11.8 Å². The first-order valence-corrected chi connectivity index (χ1v) is 11.2. The first kappa shape index (κ1) is 23.7. The molecule has 2 aromatic carbocycles. The second kappa shape index (κ2) is 8.25. The van der Waals surface area contributed by atoms with Crippen LogP contribution in [0.1, 0.15) is 36.6 Å². The Balaban J connectivity index is 1.50. The molecule has 7 nitrogen and oxygen atoms in total. The maximum Gasteiger partial charge on any atom is 0.416 e. The van der Waals surface area contributed by atoms with E-state index in [4.69, 9.17) is 4.74 Å². The van der Waals surface area contributed by atoms with Crippen LogP contribution in [0.15, 0.2) is 71.5 Å². The summed E-state index contributed by atoms with van der Waals surface area (Å²) in [5, 5.41) is 9.73. The van der Waals surface area contributed by atoms with Gasteiger partial charge in [-0.2, -0.15) is 13.2 Å². The summed E-state index contributed by atoms with van der Waals surface area (Å²) >= 11 is 0. The van der Waals surface area contributed by atoms with E-state index in [1.165, 1.54) is 12.1 Å². The van der Waals surface area contributed by atoms with Gasteiger partial charge in [-0.25, -0.2) is 9.69 Å². The number of halogens is 3. The van der Waals surface area contributed by atoms with Crippen LogP contribution in [0.3, 0.4) is 0 Å². The number of rotatable bonds is 3. The minimum absolute atomic E-state index is 0.00881. The maximum atomic E-state index is 13.3. The van der Waals surface area contributed by atoms with Crippen LogP contribution in [0.2, 0.25) is 0 Å². The number of imide groups is 1.